The molecule has 1 aromatic rings. The van der Waals surface area contributed by atoms with Crippen LogP contribution in [0.1, 0.15) is 25.1 Å². The van der Waals surface area contributed by atoms with Gasteiger partial charge in [0.25, 0.3) is 0 Å². The summed E-state index contributed by atoms with van der Waals surface area (Å²) < 4.78 is 33.5. The highest BCUT2D eigenvalue weighted by Crippen LogP contribution is 2.24. The van der Waals surface area contributed by atoms with E-state index in [0.29, 0.717) is 50.0 Å². The molecule has 0 radical (unpaired) electrons. The van der Waals surface area contributed by atoms with E-state index in [-0.39, 0.29) is 23.5 Å². The Labute approximate surface area is 186 Å². The average molecular weight is 478 g/mol. The van der Waals surface area contributed by atoms with Crippen LogP contribution in [0, 0.1) is 5.92 Å². The van der Waals surface area contributed by atoms with Crippen molar-refractivity contribution in [2.24, 2.45) is 5.92 Å². The first-order valence-electron chi connectivity index (χ1n) is 10.1. The van der Waals surface area contributed by atoms with Gasteiger partial charge >= 0.3 is 0 Å². The highest BCUT2D eigenvalue weighted by molar-refractivity contribution is 7.89. The Hall–Kier alpha value is -1.20. The SMILES string of the molecule is CC(C)[C@@H](C(=O)N1CCOCC1)N1CCC(NS(=O)(=O)CCc2ccc(Cl)s2)C1=O. The third-order valence-corrected chi connectivity index (χ3v) is 8.03. The first kappa shape index (κ1) is 23.5. The molecule has 30 heavy (non-hydrogen) atoms. The number of hydrogen-bond acceptors (Lipinski definition) is 6. The van der Waals surface area contributed by atoms with Gasteiger partial charge in [0, 0.05) is 24.5 Å². The third-order valence-electron chi connectivity index (χ3n) is 5.35. The lowest BCUT2D eigenvalue weighted by Gasteiger charge is -2.36. The van der Waals surface area contributed by atoms with Crippen molar-refractivity contribution in [1.82, 2.24) is 14.5 Å². The molecule has 1 N–H and O–H groups in total. The number of carbonyl (C=O) groups excluding carboxylic acids is 2. The maximum Gasteiger partial charge on any atom is 0.245 e. The van der Waals surface area contributed by atoms with Crippen LogP contribution in [0.2, 0.25) is 4.34 Å². The molecule has 168 valence electrons. The van der Waals surface area contributed by atoms with Crippen molar-refractivity contribution in [2.45, 2.75) is 38.8 Å². The van der Waals surface area contributed by atoms with E-state index in [2.05, 4.69) is 4.72 Å². The van der Waals surface area contributed by atoms with Crippen LogP contribution >= 0.6 is 22.9 Å². The third kappa shape index (κ3) is 5.73. The van der Waals surface area contributed by atoms with Gasteiger partial charge < -0.3 is 14.5 Å². The first-order valence-corrected chi connectivity index (χ1v) is 12.9. The van der Waals surface area contributed by atoms with Gasteiger partial charge in [-0.25, -0.2) is 13.1 Å². The van der Waals surface area contributed by atoms with Gasteiger partial charge in [-0.1, -0.05) is 25.4 Å². The van der Waals surface area contributed by atoms with Crippen LogP contribution in [0.4, 0.5) is 0 Å². The van der Waals surface area contributed by atoms with Crippen molar-refractivity contribution < 1.29 is 22.7 Å². The molecule has 0 bridgehead atoms. The number of carbonyl (C=O) groups is 2. The number of amides is 2. The van der Waals surface area contributed by atoms with Gasteiger partial charge in [0.2, 0.25) is 21.8 Å². The fourth-order valence-electron chi connectivity index (χ4n) is 3.83. The number of sulfonamides is 1. The summed E-state index contributed by atoms with van der Waals surface area (Å²) in [6.45, 7) is 6.15. The molecule has 2 atom stereocenters. The summed E-state index contributed by atoms with van der Waals surface area (Å²) in [6, 6.07) is 2.10. The summed E-state index contributed by atoms with van der Waals surface area (Å²) in [4.78, 5) is 30.2. The van der Waals surface area contributed by atoms with Crippen molar-refractivity contribution in [2.75, 3.05) is 38.6 Å². The Morgan fingerprint density at radius 2 is 2.00 bits per heavy atom. The van der Waals surface area contributed by atoms with Crippen LogP contribution in [0.25, 0.3) is 0 Å². The van der Waals surface area contributed by atoms with Gasteiger partial charge in [-0.15, -0.1) is 11.3 Å². The normalized spacial score (nSPS) is 21.5. The summed E-state index contributed by atoms with van der Waals surface area (Å²) in [5, 5.41) is 0. The Morgan fingerprint density at radius 3 is 2.60 bits per heavy atom. The molecule has 1 aromatic heterocycles. The fourth-order valence-corrected chi connectivity index (χ4v) is 6.31. The Balaban J connectivity index is 1.62. The van der Waals surface area contributed by atoms with Gasteiger partial charge in [0.15, 0.2) is 0 Å². The number of hydrogen-bond donors (Lipinski definition) is 1. The van der Waals surface area contributed by atoms with Crippen LogP contribution in [0.5, 0.6) is 0 Å². The summed E-state index contributed by atoms with van der Waals surface area (Å²) in [5.41, 5.74) is 0. The first-order chi connectivity index (χ1) is 14.2. The molecule has 2 aliphatic heterocycles. The van der Waals surface area contributed by atoms with Crippen molar-refractivity contribution in [1.29, 1.82) is 0 Å². The van der Waals surface area contributed by atoms with Crippen molar-refractivity contribution in [3.8, 4) is 0 Å². The van der Waals surface area contributed by atoms with E-state index in [1.165, 1.54) is 16.2 Å². The molecule has 2 aliphatic rings. The monoisotopic (exact) mass is 477 g/mol. The van der Waals surface area contributed by atoms with E-state index in [4.69, 9.17) is 16.3 Å². The predicted octanol–water partition coefficient (Wildman–Crippen LogP) is 1.35. The number of nitrogens with zero attached hydrogens (tertiary/aromatic N) is 2. The van der Waals surface area contributed by atoms with E-state index in [9.17, 15) is 18.0 Å². The lowest BCUT2D eigenvalue weighted by molar-refractivity contribution is -0.148. The van der Waals surface area contributed by atoms with E-state index in [1.54, 1.807) is 17.0 Å². The average Bonchev–Trinajstić information content (AvgIpc) is 3.27. The maximum atomic E-state index is 13.1. The lowest BCUT2D eigenvalue weighted by atomic mass is 10.0. The lowest BCUT2D eigenvalue weighted by Crippen LogP contribution is -2.55. The minimum atomic E-state index is -3.64. The molecule has 0 aromatic carbocycles. The zero-order valence-electron chi connectivity index (χ0n) is 17.2. The van der Waals surface area contributed by atoms with E-state index >= 15 is 0 Å². The number of halogens is 1. The topological polar surface area (TPSA) is 96.0 Å². The molecule has 3 heterocycles. The van der Waals surface area contributed by atoms with Gasteiger partial charge in [0.05, 0.1) is 23.3 Å². The predicted molar refractivity (Wildman–Crippen MR) is 116 cm³/mol. The largest absolute Gasteiger partial charge is 0.378 e. The zero-order chi connectivity index (χ0) is 21.9. The number of aryl methyl sites for hydroxylation is 1. The molecular formula is C19H28ClN3O5S2. The van der Waals surface area contributed by atoms with Crippen LogP contribution in [0.3, 0.4) is 0 Å². The standard InChI is InChI=1S/C19H28ClN3O5S2/c1-13(2)17(19(25)22-8-10-28-11-9-22)23-7-5-15(18(23)24)21-30(26,27)12-6-14-3-4-16(20)29-14/h3-4,13,15,17,21H,5-12H2,1-2H3/t15?,17-/m0/s1. The highest BCUT2D eigenvalue weighted by atomic mass is 35.5. The summed E-state index contributed by atoms with van der Waals surface area (Å²) >= 11 is 7.23. The number of rotatable bonds is 8. The van der Waals surface area contributed by atoms with E-state index in [1.807, 2.05) is 13.8 Å². The second kappa shape index (κ2) is 9.95. The van der Waals surface area contributed by atoms with Gasteiger partial charge in [-0.05, 0) is 30.9 Å². The second-order valence-corrected chi connectivity index (χ2v) is 11.6. The van der Waals surface area contributed by atoms with Gasteiger partial charge in [-0.2, -0.15) is 0 Å². The quantitative estimate of drug-likeness (QED) is 0.609. The molecule has 1 unspecified atom stereocenters. The van der Waals surface area contributed by atoms with Crippen molar-refractivity contribution in [3.63, 3.8) is 0 Å². The number of likely N-dealkylation sites (tertiary alicyclic amines) is 1. The van der Waals surface area contributed by atoms with Crippen LogP contribution in [0.15, 0.2) is 12.1 Å². The second-order valence-electron chi connectivity index (χ2n) is 7.89. The molecule has 11 heteroatoms. The minimum absolute atomic E-state index is 0.0803. The number of thiophene rings is 1. The molecule has 2 fully saturated rings. The Bertz CT molecular complexity index is 867. The highest BCUT2D eigenvalue weighted by Gasteiger charge is 2.43. The molecule has 2 amide bonds. The zero-order valence-corrected chi connectivity index (χ0v) is 19.6. The Kier molecular flexibility index (Phi) is 7.78. The molecule has 0 saturated carbocycles. The smallest absolute Gasteiger partial charge is 0.245 e. The van der Waals surface area contributed by atoms with Crippen LogP contribution in [-0.4, -0.2) is 80.7 Å². The summed E-state index contributed by atoms with van der Waals surface area (Å²) in [7, 11) is -3.64. The molecule has 8 nitrogen and oxygen atoms in total. The fraction of sp³-hybridized carbons (Fsp3) is 0.684. The molecular weight excluding hydrogens is 450 g/mol. The van der Waals surface area contributed by atoms with Crippen LogP contribution in [-0.2, 0) is 30.8 Å². The molecule has 3 rings (SSSR count). The van der Waals surface area contributed by atoms with Crippen LogP contribution < -0.4 is 4.72 Å². The van der Waals surface area contributed by atoms with E-state index in [0.717, 1.165) is 4.88 Å². The number of ether oxygens (including phenoxy) is 1. The molecule has 0 aliphatic carbocycles. The van der Waals surface area contributed by atoms with E-state index < -0.39 is 22.1 Å². The van der Waals surface area contributed by atoms with Crippen molar-refractivity contribution >= 4 is 44.8 Å². The van der Waals surface area contributed by atoms with Gasteiger partial charge in [0.1, 0.15) is 12.1 Å². The maximum absolute atomic E-state index is 13.1. The van der Waals surface area contributed by atoms with Crippen molar-refractivity contribution in [3.05, 3.63) is 21.3 Å². The minimum Gasteiger partial charge on any atom is -0.378 e. The van der Waals surface area contributed by atoms with Gasteiger partial charge in [-0.3, -0.25) is 9.59 Å². The summed E-state index contributed by atoms with van der Waals surface area (Å²) in [6.07, 6.45) is 0.685. The molecule has 2 saturated heterocycles. The molecule has 0 spiro atoms. The summed E-state index contributed by atoms with van der Waals surface area (Å²) in [5.74, 6) is -0.630. The number of nitrogens with one attached hydrogen (secondary N) is 1. The number of morpholine rings is 1. The Morgan fingerprint density at radius 1 is 1.30 bits per heavy atom.